The zero-order chi connectivity index (χ0) is 20.5. The summed E-state index contributed by atoms with van der Waals surface area (Å²) in [5.41, 5.74) is 3.11. The number of aryl methyl sites for hydroxylation is 2. The van der Waals surface area contributed by atoms with E-state index in [1.807, 2.05) is 32.0 Å². The van der Waals surface area contributed by atoms with E-state index in [-0.39, 0.29) is 23.8 Å². The van der Waals surface area contributed by atoms with Crippen molar-refractivity contribution in [2.24, 2.45) is 0 Å². The van der Waals surface area contributed by atoms with Gasteiger partial charge in [-0.05, 0) is 56.7 Å². The Labute approximate surface area is 179 Å². The Morgan fingerprint density at radius 2 is 1.83 bits per heavy atom. The van der Waals surface area contributed by atoms with E-state index < -0.39 is 0 Å². The first kappa shape index (κ1) is 20.1. The summed E-state index contributed by atoms with van der Waals surface area (Å²) in [6, 6.07) is 8.11. The van der Waals surface area contributed by atoms with Gasteiger partial charge in [0.25, 0.3) is 0 Å². The van der Waals surface area contributed by atoms with Crippen LogP contribution in [0.15, 0.2) is 33.3 Å². The normalized spacial score (nSPS) is 20.3. The molecule has 1 atom stereocenters. The highest BCUT2D eigenvalue weighted by atomic mass is 79.9. The molecule has 1 aromatic carbocycles. The molecule has 0 saturated carbocycles. The van der Waals surface area contributed by atoms with Crippen LogP contribution in [0.25, 0.3) is 0 Å². The van der Waals surface area contributed by atoms with E-state index in [0.717, 1.165) is 52.7 Å². The van der Waals surface area contributed by atoms with Gasteiger partial charge in [-0.1, -0.05) is 33.2 Å². The maximum Gasteiger partial charge on any atom is 0.312 e. The van der Waals surface area contributed by atoms with Crippen LogP contribution in [0, 0.1) is 13.8 Å². The molecule has 2 aliphatic rings. The molecule has 4 rings (SSSR count). The first-order valence-electron chi connectivity index (χ1n) is 10.2. The SMILES string of the molecule is Cc1cc(C2CCN(C(=O)C(=O)N3CCCC3c3ccc(Br)c(C)c3)CC2)on1. The standard InChI is InChI=1S/C22H26BrN3O3/c1-14-12-17(5-6-18(14)23)19-4-3-9-26(19)22(28)21(27)25-10-7-16(8-11-25)20-13-15(2)24-29-20/h5-6,12-13,16,19H,3-4,7-11H2,1-2H3. The zero-order valence-electron chi connectivity index (χ0n) is 16.9. The molecular weight excluding hydrogens is 434 g/mol. The van der Waals surface area contributed by atoms with Gasteiger partial charge in [0, 0.05) is 36.1 Å². The van der Waals surface area contributed by atoms with E-state index in [2.05, 4.69) is 27.2 Å². The van der Waals surface area contributed by atoms with Crippen LogP contribution in [0.1, 0.15) is 60.2 Å². The molecule has 7 heteroatoms. The van der Waals surface area contributed by atoms with Gasteiger partial charge >= 0.3 is 11.8 Å². The molecule has 0 spiro atoms. The van der Waals surface area contributed by atoms with Gasteiger partial charge in [0.05, 0.1) is 11.7 Å². The summed E-state index contributed by atoms with van der Waals surface area (Å²) >= 11 is 3.53. The van der Waals surface area contributed by atoms with Crippen molar-refractivity contribution in [1.29, 1.82) is 0 Å². The topological polar surface area (TPSA) is 66.7 Å². The Morgan fingerprint density at radius 1 is 1.07 bits per heavy atom. The second-order valence-corrected chi connectivity index (χ2v) is 8.96. The monoisotopic (exact) mass is 459 g/mol. The average molecular weight is 460 g/mol. The molecule has 2 saturated heterocycles. The number of rotatable bonds is 2. The molecule has 1 aromatic heterocycles. The van der Waals surface area contributed by atoms with Crippen molar-refractivity contribution in [3.8, 4) is 0 Å². The van der Waals surface area contributed by atoms with Gasteiger partial charge in [-0.25, -0.2) is 0 Å². The zero-order valence-corrected chi connectivity index (χ0v) is 18.4. The summed E-state index contributed by atoms with van der Waals surface area (Å²) in [7, 11) is 0. The lowest BCUT2D eigenvalue weighted by Crippen LogP contribution is -2.47. The summed E-state index contributed by atoms with van der Waals surface area (Å²) in [5.74, 6) is 0.395. The van der Waals surface area contributed by atoms with Crippen LogP contribution in [0.5, 0.6) is 0 Å². The Bertz CT molecular complexity index is 918. The summed E-state index contributed by atoms with van der Waals surface area (Å²) in [5, 5.41) is 3.96. The van der Waals surface area contributed by atoms with Crippen molar-refractivity contribution in [2.75, 3.05) is 19.6 Å². The number of hydrogen-bond donors (Lipinski definition) is 0. The number of carbonyl (C=O) groups excluding carboxylic acids is 2. The predicted octanol–water partition coefficient (Wildman–Crippen LogP) is 4.12. The first-order valence-corrected chi connectivity index (χ1v) is 11.0. The molecule has 3 heterocycles. The van der Waals surface area contributed by atoms with Gasteiger partial charge in [-0.15, -0.1) is 0 Å². The Balaban J connectivity index is 1.41. The minimum Gasteiger partial charge on any atom is -0.361 e. The third-order valence-electron chi connectivity index (χ3n) is 6.09. The highest BCUT2D eigenvalue weighted by Gasteiger charge is 2.37. The van der Waals surface area contributed by atoms with Gasteiger partial charge in [-0.3, -0.25) is 9.59 Å². The van der Waals surface area contributed by atoms with Crippen LogP contribution in [-0.4, -0.2) is 46.4 Å². The number of likely N-dealkylation sites (tertiary alicyclic amines) is 2. The number of nitrogens with zero attached hydrogens (tertiary/aromatic N) is 3. The summed E-state index contributed by atoms with van der Waals surface area (Å²) in [6.45, 7) is 5.73. The highest BCUT2D eigenvalue weighted by Crippen LogP contribution is 2.34. The van der Waals surface area contributed by atoms with Crippen LogP contribution >= 0.6 is 15.9 Å². The maximum absolute atomic E-state index is 13.0. The van der Waals surface area contributed by atoms with Crippen molar-refractivity contribution in [3.63, 3.8) is 0 Å². The van der Waals surface area contributed by atoms with Gasteiger partial charge in [0.1, 0.15) is 5.76 Å². The smallest absolute Gasteiger partial charge is 0.312 e. The second-order valence-electron chi connectivity index (χ2n) is 8.10. The highest BCUT2D eigenvalue weighted by molar-refractivity contribution is 9.10. The average Bonchev–Trinajstić information content (AvgIpc) is 3.38. The van der Waals surface area contributed by atoms with Crippen molar-refractivity contribution in [3.05, 3.63) is 51.3 Å². The number of benzene rings is 1. The molecule has 6 nitrogen and oxygen atoms in total. The molecule has 2 aliphatic heterocycles. The fraction of sp³-hybridized carbons (Fsp3) is 0.500. The van der Waals surface area contributed by atoms with E-state index in [4.69, 9.17) is 4.52 Å². The van der Waals surface area contributed by atoms with Crippen molar-refractivity contribution in [1.82, 2.24) is 15.0 Å². The Kier molecular flexibility index (Phi) is 5.76. The molecule has 2 aromatic rings. The quantitative estimate of drug-likeness (QED) is 0.633. The van der Waals surface area contributed by atoms with Crippen molar-refractivity contribution < 1.29 is 14.1 Å². The summed E-state index contributed by atoms with van der Waals surface area (Å²) < 4.78 is 6.43. The third-order valence-corrected chi connectivity index (χ3v) is 6.98. The van der Waals surface area contributed by atoms with Gasteiger partial charge in [0.15, 0.2) is 0 Å². The lowest BCUT2D eigenvalue weighted by Gasteiger charge is -2.32. The van der Waals surface area contributed by atoms with Gasteiger partial charge < -0.3 is 14.3 Å². The summed E-state index contributed by atoms with van der Waals surface area (Å²) in [6.07, 6.45) is 3.41. The molecule has 29 heavy (non-hydrogen) atoms. The van der Waals surface area contributed by atoms with Crippen LogP contribution in [0.2, 0.25) is 0 Å². The molecule has 154 valence electrons. The molecule has 0 bridgehead atoms. The molecule has 2 amide bonds. The lowest BCUT2D eigenvalue weighted by atomic mass is 9.94. The minimum absolute atomic E-state index is 0.0204. The van der Waals surface area contributed by atoms with Crippen molar-refractivity contribution in [2.45, 2.75) is 51.5 Å². The van der Waals surface area contributed by atoms with E-state index in [1.54, 1.807) is 9.80 Å². The van der Waals surface area contributed by atoms with Crippen LogP contribution in [-0.2, 0) is 9.59 Å². The lowest BCUT2D eigenvalue weighted by molar-refractivity contribution is -0.153. The van der Waals surface area contributed by atoms with Crippen molar-refractivity contribution >= 4 is 27.7 Å². The fourth-order valence-electron chi connectivity index (χ4n) is 4.43. The molecule has 2 fully saturated rings. The minimum atomic E-state index is -0.377. The number of hydrogen-bond acceptors (Lipinski definition) is 4. The molecule has 0 radical (unpaired) electrons. The number of aromatic nitrogens is 1. The molecule has 0 N–H and O–H groups in total. The molecule has 0 aliphatic carbocycles. The number of halogens is 1. The Hall–Kier alpha value is -2.15. The number of amides is 2. The fourth-order valence-corrected chi connectivity index (χ4v) is 4.68. The van der Waals surface area contributed by atoms with E-state index in [1.165, 1.54) is 0 Å². The summed E-state index contributed by atoms with van der Waals surface area (Å²) in [4.78, 5) is 29.4. The Morgan fingerprint density at radius 3 is 2.48 bits per heavy atom. The largest absolute Gasteiger partial charge is 0.361 e. The third kappa shape index (κ3) is 4.10. The van der Waals surface area contributed by atoms with Crippen LogP contribution < -0.4 is 0 Å². The second kappa shape index (κ2) is 8.30. The molecule has 1 unspecified atom stereocenters. The van der Waals surface area contributed by atoms with E-state index in [0.29, 0.717) is 19.6 Å². The van der Waals surface area contributed by atoms with Crippen LogP contribution in [0.3, 0.4) is 0 Å². The van der Waals surface area contributed by atoms with E-state index in [9.17, 15) is 9.59 Å². The predicted molar refractivity (Wildman–Crippen MR) is 112 cm³/mol. The number of carbonyl (C=O) groups is 2. The molecular formula is C22H26BrN3O3. The van der Waals surface area contributed by atoms with Gasteiger partial charge in [0.2, 0.25) is 0 Å². The van der Waals surface area contributed by atoms with Gasteiger partial charge in [-0.2, -0.15) is 0 Å². The van der Waals surface area contributed by atoms with E-state index >= 15 is 0 Å². The van der Waals surface area contributed by atoms with Crippen LogP contribution in [0.4, 0.5) is 0 Å². The number of piperidine rings is 1. The first-order chi connectivity index (χ1) is 13.9. The maximum atomic E-state index is 13.0.